The molecule has 1 aromatic heterocycles. The zero-order valence-electron chi connectivity index (χ0n) is 15.0. The first-order valence-electron chi connectivity index (χ1n) is 8.37. The molecule has 0 bridgehead atoms. The molecule has 0 unspecified atom stereocenters. The van der Waals surface area contributed by atoms with Crippen molar-refractivity contribution in [1.82, 2.24) is 9.97 Å². The van der Waals surface area contributed by atoms with E-state index in [2.05, 4.69) is 9.97 Å². The van der Waals surface area contributed by atoms with Gasteiger partial charge in [0.25, 0.3) is 5.69 Å². The van der Waals surface area contributed by atoms with Gasteiger partial charge < -0.3 is 0 Å². The van der Waals surface area contributed by atoms with Gasteiger partial charge in [-0.1, -0.05) is 24.3 Å². The number of nitro groups is 1. The van der Waals surface area contributed by atoms with E-state index in [-0.39, 0.29) is 11.3 Å². The molecule has 1 heterocycles. The number of nitro benzene ring substituents is 1. The number of carbonyl (C=O) groups is 1. The Balaban J connectivity index is 1.83. The van der Waals surface area contributed by atoms with Crippen LogP contribution in [0.4, 0.5) is 18.9 Å². The molecule has 0 aliphatic rings. The van der Waals surface area contributed by atoms with Crippen molar-refractivity contribution < 1.29 is 22.9 Å². The highest BCUT2D eigenvalue weighted by Gasteiger charge is 2.30. The maximum atomic E-state index is 12.8. The van der Waals surface area contributed by atoms with Gasteiger partial charge in [0.05, 0.1) is 15.4 Å². The Morgan fingerprint density at radius 3 is 2.47 bits per heavy atom. The van der Waals surface area contributed by atoms with Gasteiger partial charge >= 0.3 is 6.18 Å². The Bertz CT molecular complexity index is 1120. The van der Waals surface area contributed by atoms with E-state index >= 15 is 0 Å². The van der Waals surface area contributed by atoms with E-state index in [0.717, 1.165) is 36.0 Å². The lowest BCUT2D eigenvalue weighted by Crippen LogP contribution is -2.06. The van der Waals surface area contributed by atoms with Crippen LogP contribution in [0.1, 0.15) is 21.5 Å². The molecule has 30 heavy (non-hydrogen) atoms. The summed E-state index contributed by atoms with van der Waals surface area (Å²) in [6, 6.07) is 9.97. The Morgan fingerprint density at radius 1 is 1.07 bits per heavy atom. The third-order valence-electron chi connectivity index (χ3n) is 3.82. The third kappa shape index (κ3) is 5.29. The average Bonchev–Trinajstić information content (AvgIpc) is 2.73. The number of allylic oxidation sites excluding steroid dienone is 1. The van der Waals surface area contributed by atoms with E-state index < -0.39 is 22.4 Å². The Morgan fingerprint density at radius 2 is 1.80 bits per heavy atom. The maximum Gasteiger partial charge on any atom is 0.416 e. The minimum absolute atomic E-state index is 0.135. The summed E-state index contributed by atoms with van der Waals surface area (Å²) in [6.07, 6.45) is 0.844. The fourth-order valence-electron chi connectivity index (χ4n) is 2.42. The standard InChI is InChI=1S/C20H12F3N3O3S/c21-20(22,23)15-4-1-3-14(12-15)17(27)7-5-13-6-8-18(16(11-13)26(28)29)30-19-24-9-2-10-25-19/h1-12H/b7-5-. The summed E-state index contributed by atoms with van der Waals surface area (Å²) in [5.41, 5.74) is -0.924. The topological polar surface area (TPSA) is 86.0 Å². The molecule has 0 N–H and O–H groups in total. The summed E-state index contributed by atoms with van der Waals surface area (Å²) in [7, 11) is 0. The van der Waals surface area contributed by atoms with E-state index in [9.17, 15) is 28.1 Å². The predicted octanol–water partition coefficient (Wildman–Crippen LogP) is 5.45. The second kappa shape index (κ2) is 8.87. The first-order chi connectivity index (χ1) is 14.2. The van der Waals surface area contributed by atoms with Crippen molar-refractivity contribution in [2.45, 2.75) is 16.2 Å². The van der Waals surface area contributed by atoms with Crippen LogP contribution in [0.2, 0.25) is 0 Å². The lowest BCUT2D eigenvalue weighted by molar-refractivity contribution is -0.387. The van der Waals surface area contributed by atoms with Crippen LogP contribution in [-0.2, 0) is 6.18 Å². The average molecular weight is 431 g/mol. The van der Waals surface area contributed by atoms with Crippen LogP contribution in [-0.4, -0.2) is 20.7 Å². The predicted molar refractivity (Wildman–Crippen MR) is 104 cm³/mol. The molecule has 0 aliphatic heterocycles. The number of hydrogen-bond donors (Lipinski definition) is 0. The Kier molecular flexibility index (Phi) is 6.26. The first kappa shape index (κ1) is 21.2. The summed E-state index contributed by atoms with van der Waals surface area (Å²) in [4.78, 5) is 31.4. The number of aromatic nitrogens is 2. The van der Waals surface area contributed by atoms with Crippen molar-refractivity contribution in [1.29, 1.82) is 0 Å². The molecule has 0 saturated carbocycles. The quantitative estimate of drug-likeness (QED) is 0.170. The lowest BCUT2D eigenvalue weighted by atomic mass is 10.1. The molecule has 6 nitrogen and oxygen atoms in total. The van der Waals surface area contributed by atoms with E-state index in [4.69, 9.17) is 0 Å². The van der Waals surface area contributed by atoms with E-state index in [0.29, 0.717) is 15.6 Å². The molecule has 0 fully saturated rings. The fourth-order valence-corrected chi connectivity index (χ4v) is 3.22. The summed E-state index contributed by atoms with van der Waals surface area (Å²) in [5.74, 6) is -0.653. The smallest absolute Gasteiger partial charge is 0.289 e. The monoisotopic (exact) mass is 431 g/mol. The summed E-state index contributed by atoms with van der Waals surface area (Å²) < 4.78 is 38.4. The van der Waals surface area contributed by atoms with Crippen LogP contribution < -0.4 is 0 Å². The van der Waals surface area contributed by atoms with Crippen molar-refractivity contribution >= 4 is 29.3 Å². The fraction of sp³-hybridized carbons (Fsp3) is 0.0500. The van der Waals surface area contributed by atoms with Gasteiger partial charge in [0.2, 0.25) is 0 Å². The number of alkyl halides is 3. The summed E-state index contributed by atoms with van der Waals surface area (Å²) in [5, 5.41) is 11.7. The van der Waals surface area contributed by atoms with E-state index in [1.807, 2.05) is 0 Å². The summed E-state index contributed by atoms with van der Waals surface area (Å²) >= 11 is 1.01. The molecule has 0 spiro atoms. The molecule has 10 heteroatoms. The molecule has 152 valence electrons. The molecule has 0 aliphatic carbocycles. The van der Waals surface area contributed by atoms with Gasteiger partial charge in [-0.05, 0) is 47.7 Å². The van der Waals surface area contributed by atoms with Crippen molar-refractivity contribution in [2.24, 2.45) is 0 Å². The maximum absolute atomic E-state index is 12.8. The Hall–Kier alpha value is -3.53. The third-order valence-corrected chi connectivity index (χ3v) is 4.78. The first-order valence-corrected chi connectivity index (χ1v) is 9.18. The van der Waals surface area contributed by atoms with Gasteiger partial charge in [-0.2, -0.15) is 13.2 Å². The molecule has 0 amide bonds. The van der Waals surface area contributed by atoms with Gasteiger partial charge in [0.1, 0.15) is 0 Å². The molecule has 3 aromatic rings. The minimum atomic E-state index is -4.56. The largest absolute Gasteiger partial charge is 0.416 e. The highest BCUT2D eigenvalue weighted by molar-refractivity contribution is 7.99. The van der Waals surface area contributed by atoms with Gasteiger partial charge in [-0.25, -0.2) is 9.97 Å². The highest BCUT2D eigenvalue weighted by atomic mass is 32.2. The minimum Gasteiger partial charge on any atom is -0.289 e. The van der Waals surface area contributed by atoms with Crippen molar-refractivity contribution in [3.8, 4) is 0 Å². The second-order valence-corrected chi connectivity index (χ2v) is 6.90. The van der Waals surface area contributed by atoms with Crippen LogP contribution in [0.25, 0.3) is 6.08 Å². The summed E-state index contributed by atoms with van der Waals surface area (Å²) in [6.45, 7) is 0. The highest BCUT2D eigenvalue weighted by Crippen LogP contribution is 2.34. The number of ketones is 1. The SMILES string of the molecule is O=C(/C=C\c1ccc(Sc2ncccn2)c([N+](=O)[O-])c1)c1cccc(C(F)(F)F)c1. The van der Waals surface area contributed by atoms with Crippen LogP contribution in [0.5, 0.6) is 0 Å². The van der Waals surface area contributed by atoms with Crippen molar-refractivity contribution in [3.63, 3.8) is 0 Å². The Labute approximate surface area is 172 Å². The van der Waals surface area contributed by atoms with E-state index in [1.165, 1.54) is 36.7 Å². The molecule has 0 atom stereocenters. The van der Waals surface area contributed by atoms with Crippen LogP contribution in [0.3, 0.4) is 0 Å². The molecule has 0 saturated heterocycles. The number of carbonyl (C=O) groups excluding carboxylic acids is 1. The molecule has 3 rings (SSSR count). The number of nitrogens with zero attached hydrogens (tertiary/aromatic N) is 3. The van der Waals surface area contributed by atoms with Gasteiger partial charge in [0, 0.05) is 24.0 Å². The van der Waals surface area contributed by atoms with E-state index in [1.54, 1.807) is 12.1 Å². The zero-order valence-corrected chi connectivity index (χ0v) is 15.9. The van der Waals surface area contributed by atoms with Crippen LogP contribution in [0, 0.1) is 10.1 Å². The van der Waals surface area contributed by atoms with Crippen LogP contribution in [0.15, 0.2) is 77.1 Å². The number of halogens is 3. The number of hydrogen-bond acceptors (Lipinski definition) is 6. The second-order valence-electron chi connectivity index (χ2n) is 5.89. The molecular formula is C20H12F3N3O3S. The molecule has 0 radical (unpaired) electrons. The lowest BCUT2D eigenvalue weighted by Gasteiger charge is -2.07. The van der Waals surface area contributed by atoms with Crippen LogP contribution >= 0.6 is 11.8 Å². The zero-order chi connectivity index (χ0) is 21.7. The molecule has 2 aromatic carbocycles. The number of rotatable bonds is 6. The van der Waals surface area contributed by atoms with Gasteiger partial charge in [-0.3, -0.25) is 14.9 Å². The molecular weight excluding hydrogens is 419 g/mol. The number of benzene rings is 2. The van der Waals surface area contributed by atoms with Gasteiger partial charge in [0.15, 0.2) is 10.9 Å². The van der Waals surface area contributed by atoms with Gasteiger partial charge in [-0.15, -0.1) is 0 Å². The van der Waals surface area contributed by atoms with Crippen molar-refractivity contribution in [3.05, 3.63) is 93.8 Å². The van der Waals surface area contributed by atoms with Crippen molar-refractivity contribution in [2.75, 3.05) is 0 Å². The normalized spacial score (nSPS) is 11.6.